The molecule has 0 amide bonds. The lowest BCUT2D eigenvalue weighted by Gasteiger charge is -2.12. The maximum Gasteiger partial charge on any atom is 0.337 e. The third kappa shape index (κ3) is 5.10. The van der Waals surface area contributed by atoms with E-state index >= 15 is 0 Å². The summed E-state index contributed by atoms with van der Waals surface area (Å²) in [6.07, 6.45) is 0. The Morgan fingerprint density at radius 1 is 1.00 bits per heavy atom. The van der Waals surface area contributed by atoms with Gasteiger partial charge in [0.25, 0.3) is 0 Å². The number of hydrogen-bond donors (Lipinski definition) is 1. The number of carboxylic acid groups (broad SMARTS) is 1. The summed E-state index contributed by atoms with van der Waals surface area (Å²) in [5.41, 5.74) is 6.14. The van der Waals surface area contributed by atoms with Gasteiger partial charge in [-0.3, -0.25) is 4.98 Å². The lowest BCUT2D eigenvalue weighted by molar-refractivity contribution is 0.0695. The molecule has 0 aliphatic carbocycles. The van der Waals surface area contributed by atoms with Crippen LogP contribution in [-0.2, 0) is 6.61 Å². The average molecular weight is 561 g/mol. The van der Waals surface area contributed by atoms with Crippen molar-refractivity contribution in [2.45, 2.75) is 40.2 Å². The SMILES string of the molecule is Cc1nc2ccc(-c3ccc(OCc4c(-c5c(Cl)cccc5Cl)noc4C(C)C)cc3)cc2c(C)c1C(=O)O. The summed E-state index contributed by atoms with van der Waals surface area (Å²) >= 11 is 12.9. The number of pyridine rings is 1. The van der Waals surface area contributed by atoms with E-state index in [4.69, 9.17) is 32.5 Å². The molecule has 0 radical (unpaired) electrons. The Hall–Kier alpha value is -3.87. The van der Waals surface area contributed by atoms with Crippen LogP contribution in [0, 0.1) is 13.8 Å². The van der Waals surface area contributed by atoms with Crippen molar-refractivity contribution in [2.75, 3.05) is 0 Å². The Labute approximate surface area is 236 Å². The van der Waals surface area contributed by atoms with Crippen LogP contribution < -0.4 is 4.74 Å². The fourth-order valence-electron chi connectivity index (χ4n) is 4.81. The zero-order valence-corrected chi connectivity index (χ0v) is 23.4. The van der Waals surface area contributed by atoms with Crippen LogP contribution >= 0.6 is 23.2 Å². The van der Waals surface area contributed by atoms with Gasteiger partial charge in [-0.25, -0.2) is 4.79 Å². The number of carboxylic acids is 1. The van der Waals surface area contributed by atoms with E-state index in [0.29, 0.717) is 44.1 Å². The molecule has 0 aliphatic heterocycles. The van der Waals surface area contributed by atoms with Crippen molar-refractivity contribution in [1.82, 2.24) is 10.1 Å². The molecule has 0 saturated carbocycles. The van der Waals surface area contributed by atoms with Crippen LogP contribution in [0.1, 0.15) is 52.7 Å². The number of ether oxygens (including phenoxy) is 1. The highest BCUT2D eigenvalue weighted by atomic mass is 35.5. The molecule has 0 spiro atoms. The lowest BCUT2D eigenvalue weighted by Crippen LogP contribution is -2.05. The summed E-state index contributed by atoms with van der Waals surface area (Å²) in [7, 11) is 0. The lowest BCUT2D eigenvalue weighted by atomic mass is 9.97. The van der Waals surface area contributed by atoms with E-state index in [9.17, 15) is 9.90 Å². The van der Waals surface area contributed by atoms with Crippen molar-refractivity contribution in [3.63, 3.8) is 0 Å². The van der Waals surface area contributed by atoms with Crippen LogP contribution in [-0.4, -0.2) is 21.2 Å². The number of fused-ring (bicyclic) bond motifs is 1. The molecule has 6 nitrogen and oxygen atoms in total. The minimum Gasteiger partial charge on any atom is -0.489 e. The molecule has 0 atom stereocenters. The van der Waals surface area contributed by atoms with E-state index in [2.05, 4.69) is 10.1 Å². The Morgan fingerprint density at radius 3 is 2.31 bits per heavy atom. The molecule has 0 aliphatic rings. The number of aryl methyl sites for hydroxylation is 2. The van der Waals surface area contributed by atoms with Crippen LogP contribution in [0.15, 0.2) is 65.2 Å². The van der Waals surface area contributed by atoms with Gasteiger partial charge in [0.1, 0.15) is 23.8 Å². The largest absolute Gasteiger partial charge is 0.489 e. The first-order chi connectivity index (χ1) is 18.7. The van der Waals surface area contributed by atoms with Crippen molar-refractivity contribution in [2.24, 2.45) is 0 Å². The van der Waals surface area contributed by atoms with Crippen molar-refractivity contribution in [3.8, 4) is 28.1 Å². The summed E-state index contributed by atoms with van der Waals surface area (Å²) in [6, 6.07) is 18.9. The zero-order valence-electron chi connectivity index (χ0n) is 21.9. The topological polar surface area (TPSA) is 85.5 Å². The third-order valence-electron chi connectivity index (χ3n) is 6.75. The van der Waals surface area contributed by atoms with Gasteiger partial charge in [-0.2, -0.15) is 0 Å². The third-order valence-corrected chi connectivity index (χ3v) is 7.38. The zero-order chi connectivity index (χ0) is 27.8. The van der Waals surface area contributed by atoms with Gasteiger partial charge in [-0.15, -0.1) is 0 Å². The second-order valence-corrected chi connectivity index (χ2v) is 10.5. The highest BCUT2D eigenvalue weighted by molar-refractivity contribution is 6.39. The standard InChI is InChI=1S/C31H26Cl2N2O4/c1-16(2)30-23(29(35-39-30)28-24(32)6-5-7-25(28)33)15-38-21-11-8-19(9-12-21)20-10-13-26-22(14-20)17(3)27(31(36)37)18(4)34-26/h5-14,16H,15H2,1-4H3,(H,36,37). The van der Waals surface area contributed by atoms with E-state index in [1.165, 1.54) is 0 Å². The van der Waals surface area contributed by atoms with Crippen LogP contribution in [0.5, 0.6) is 5.75 Å². The van der Waals surface area contributed by atoms with E-state index in [1.807, 2.05) is 63.2 Å². The number of rotatable bonds is 7. The van der Waals surface area contributed by atoms with E-state index < -0.39 is 5.97 Å². The quantitative estimate of drug-likeness (QED) is 0.214. The van der Waals surface area contributed by atoms with Gasteiger partial charge in [-0.1, -0.05) is 66.5 Å². The Balaban J connectivity index is 1.42. The molecule has 0 unspecified atom stereocenters. The monoisotopic (exact) mass is 560 g/mol. The summed E-state index contributed by atoms with van der Waals surface area (Å²) in [4.78, 5) is 16.2. The number of benzene rings is 3. The molecule has 0 saturated heterocycles. The highest BCUT2D eigenvalue weighted by Gasteiger charge is 2.24. The van der Waals surface area contributed by atoms with Crippen molar-refractivity contribution in [3.05, 3.63) is 98.9 Å². The molecule has 5 rings (SSSR count). The van der Waals surface area contributed by atoms with Crippen LogP contribution in [0.3, 0.4) is 0 Å². The molecule has 5 aromatic rings. The Kier molecular flexibility index (Phi) is 7.34. The first-order valence-corrected chi connectivity index (χ1v) is 13.2. The second-order valence-electron chi connectivity index (χ2n) is 9.67. The number of nitrogens with zero attached hydrogens (tertiary/aromatic N) is 2. The molecule has 2 heterocycles. The Morgan fingerprint density at radius 2 is 1.67 bits per heavy atom. The molecule has 0 fully saturated rings. The molecule has 2 aromatic heterocycles. The molecule has 1 N–H and O–H groups in total. The highest BCUT2D eigenvalue weighted by Crippen LogP contribution is 2.39. The van der Waals surface area contributed by atoms with Crippen molar-refractivity contribution < 1.29 is 19.2 Å². The minimum absolute atomic E-state index is 0.0877. The maximum atomic E-state index is 11.7. The summed E-state index contributed by atoms with van der Waals surface area (Å²) in [5, 5.41) is 15.7. The molecular weight excluding hydrogens is 535 g/mol. The molecule has 0 bridgehead atoms. The number of halogens is 2. The summed E-state index contributed by atoms with van der Waals surface area (Å²) in [5.74, 6) is 0.506. The first kappa shape index (κ1) is 26.7. The van der Waals surface area contributed by atoms with Crippen molar-refractivity contribution >= 4 is 40.1 Å². The van der Waals surface area contributed by atoms with E-state index in [1.54, 1.807) is 25.1 Å². The van der Waals surface area contributed by atoms with Gasteiger partial charge in [0.15, 0.2) is 0 Å². The average Bonchev–Trinajstić information content (AvgIpc) is 3.31. The number of hydrogen-bond acceptors (Lipinski definition) is 5. The number of aromatic carboxylic acids is 1. The van der Waals surface area contributed by atoms with E-state index in [0.717, 1.165) is 27.6 Å². The van der Waals surface area contributed by atoms with Gasteiger partial charge >= 0.3 is 5.97 Å². The number of aromatic nitrogens is 2. The first-order valence-electron chi connectivity index (χ1n) is 12.5. The smallest absolute Gasteiger partial charge is 0.337 e. The van der Waals surface area contributed by atoms with Crippen LogP contribution in [0.25, 0.3) is 33.3 Å². The normalized spacial score (nSPS) is 11.4. The van der Waals surface area contributed by atoms with E-state index in [-0.39, 0.29) is 18.1 Å². The van der Waals surface area contributed by atoms with Gasteiger partial charge in [0.05, 0.1) is 32.4 Å². The van der Waals surface area contributed by atoms with Crippen LogP contribution in [0.2, 0.25) is 10.0 Å². The van der Waals surface area contributed by atoms with Gasteiger partial charge in [0.2, 0.25) is 0 Å². The Bertz CT molecular complexity index is 1690. The molecule has 198 valence electrons. The predicted molar refractivity (Wildman–Crippen MR) is 154 cm³/mol. The number of carbonyl (C=O) groups is 1. The molecule has 8 heteroatoms. The second kappa shape index (κ2) is 10.7. The maximum absolute atomic E-state index is 11.7. The van der Waals surface area contributed by atoms with Gasteiger partial charge < -0.3 is 14.4 Å². The summed E-state index contributed by atoms with van der Waals surface area (Å²) < 4.78 is 11.8. The van der Waals surface area contributed by atoms with Gasteiger partial charge in [-0.05, 0) is 66.9 Å². The van der Waals surface area contributed by atoms with Crippen molar-refractivity contribution in [1.29, 1.82) is 0 Å². The molecular formula is C31H26Cl2N2O4. The predicted octanol–water partition coefficient (Wildman–Crippen LogP) is 8.88. The van der Waals surface area contributed by atoms with Crippen LogP contribution in [0.4, 0.5) is 0 Å². The minimum atomic E-state index is -0.972. The van der Waals surface area contributed by atoms with Gasteiger partial charge in [0, 0.05) is 16.9 Å². The molecule has 3 aromatic carbocycles. The molecule has 39 heavy (non-hydrogen) atoms. The fraction of sp³-hybridized carbons (Fsp3) is 0.194. The fourth-order valence-corrected chi connectivity index (χ4v) is 5.38. The summed E-state index contributed by atoms with van der Waals surface area (Å²) in [6.45, 7) is 7.82.